The predicted octanol–water partition coefficient (Wildman–Crippen LogP) is 1.53. The molecule has 1 aliphatic rings. The van der Waals surface area contributed by atoms with Crippen molar-refractivity contribution in [2.24, 2.45) is 10.7 Å². The quantitative estimate of drug-likeness (QED) is 0.877. The van der Waals surface area contributed by atoms with Gasteiger partial charge in [-0.05, 0) is 24.1 Å². The van der Waals surface area contributed by atoms with E-state index in [1.165, 1.54) is 5.56 Å². The van der Waals surface area contributed by atoms with Crippen molar-refractivity contribution < 1.29 is 9.59 Å². The molecule has 19 heavy (non-hydrogen) atoms. The average Bonchev–Trinajstić information content (AvgIpc) is 2.38. The van der Waals surface area contributed by atoms with E-state index in [1.54, 1.807) is 0 Å². The van der Waals surface area contributed by atoms with Crippen molar-refractivity contribution in [3.63, 3.8) is 0 Å². The number of nitrogens with one attached hydrogen (secondary N) is 1. The maximum absolute atomic E-state index is 12.0. The third kappa shape index (κ3) is 3.57. The van der Waals surface area contributed by atoms with Gasteiger partial charge < -0.3 is 11.1 Å². The van der Waals surface area contributed by atoms with Gasteiger partial charge in [0.1, 0.15) is 5.25 Å². The summed E-state index contributed by atoms with van der Waals surface area (Å²) in [5, 5.41) is 2.43. The number of amidine groups is 1. The number of amides is 2. The van der Waals surface area contributed by atoms with Crippen molar-refractivity contribution in [3.8, 4) is 0 Å². The summed E-state index contributed by atoms with van der Waals surface area (Å²) in [5.41, 5.74) is 7.42. The Kier molecular flexibility index (Phi) is 4.21. The number of aryl methyl sites for hydroxylation is 1. The third-order valence-electron chi connectivity index (χ3n) is 2.78. The molecule has 0 fully saturated rings. The minimum atomic E-state index is -0.504. The van der Waals surface area contributed by atoms with E-state index in [1.807, 2.05) is 24.3 Å². The van der Waals surface area contributed by atoms with Crippen LogP contribution in [-0.2, 0) is 16.0 Å². The van der Waals surface area contributed by atoms with Crippen molar-refractivity contribution in [3.05, 3.63) is 29.8 Å². The van der Waals surface area contributed by atoms with Crippen LogP contribution in [0.3, 0.4) is 0 Å². The first-order valence-electron chi connectivity index (χ1n) is 6.02. The Morgan fingerprint density at radius 2 is 2.16 bits per heavy atom. The molecule has 1 aromatic carbocycles. The molecule has 0 radical (unpaired) electrons. The molecule has 0 saturated carbocycles. The number of hydrogen-bond acceptors (Lipinski definition) is 4. The Morgan fingerprint density at radius 1 is 1.47 bits per heavy atom. The molecule has 6 heteroatoms. The molecule has 0 unspecified atom stereocenters. The van der Waals surface area contributed by atoms with Gasteiger partial charge in [-0.25, -0.2) is 0 Å². The van der Waals surface area contributed by atoms with E-state index < -0.39 is 5.25 Å². The van der Waals surface area contributed by atoms with Crippen LogP contribution in [0.15, 0.2) is 29.3 Å². The van der Waals surface area contributed by atoms with Crippen molar-refractivity contribution >= 4 is 34.4 Å². The molecule has 1 aliphatic heterocycles. The third-order valence-corrected chi connectivity index (χ3v) is 3.78. The smallest absolute Gasteiger partial charge is 0.249 e. The molecular formula is C13H15N3O2S. The summed E-state index contributed by atoms with van der Waals surface area (Å²) in [5.74, 6) is -0.571. The highest BCUT2D eigenvalue weighted by atomic mass is 32.2. The number of benzene rings is 1. The van der Waals surface area contributed by atoms with Gasteiger partial charge in [0.15, 0.2) is 5.17 Å². The fraction of sp³-hybridized carbons (Fsp3) is 0.308. The molecule has 100 valence electrons. The van der Waals surface area contributed by atoms with Gasteiger partial charge in [-0.1, -0.05) is 30.8 Å². The second-order valence-corrected chi connectivity index (χ2v) is 5.42. The molecule has 5 nitrogen and oxygen atoms in total. The number of nitrogens with two attached hydrogens (primary N) is 1. The molecular weight excluding hydrogens is 262 g/mol. The first kappa shape index (κ1) is 13.6. The number of nitrogens with zero attached hydrogens (tertiary/aromatic N) is 1. The maximum Gasteiger partial charge on any atom is 0.249 e. The van der Waals surface area contributed by atoms with Gasteiger partial charge in [-0.15, -0.1) is 0 Å². The van der Waals surface area contributed by atoms with Gasteiger partial charge >= 0.3 is 0 Å². The molecule has 1 heterocycles. The van der Waals surface area contributed by atoms with Crippen LogP contribution in [0.2, 0.25) is 0 Å². The number of aliphatic imine (C=N–C) groups is 1. The Labute approximate surface area is 115 Å². The number of thioether (sulfide) groups is 1. The second-order valence-electron chi connectivity index (χ2n) is 4.19. The monoisotopic (exact) mass is 277 g/mol. The molecule has 3 N–H and O–H groups in total. The topological polar surface area (TPSA) is 84.5 Å². The first-order chi connectivity index (χ1) is 9.08. The lowest BCUT2D eigenvalue weighted by atomic mass is 10.1. The Hall–Kier alpha value is -1.82. The minimum Gasteiger partial charge on any atom is -0.378 e. The number of carbonyl (C=O) groups is 2. The fourth-order valence-corrected chi connectivity index (χ4v) is 2.57. The van der Waals surface area contributed by atoms with Crippen LogP contribution in [0.5, 0.6) is 0 Å². The largest absolute Gasteiger partial charge is 0.378 e. The Balaban J connectivity index is 2.00. The second kappa shape index (κ2) is 5.88. The Bertz CT molecular complexity index is 525. The Morgan fingerprint density at radius 3 is 2.74 bits per heavy atom. The zero-order valence-corrected chi connectivity index (χ0v) is 11.4. The molecule has 0 spiro atoms. The van der Waals surface area contributed by atoms with Crippen LogP contribution < -0.4 is 11.1 Å². The van der Waals surface area contributed by atoms with Gasteiger partial charge in [0.2, 0.25) is 11.8 Å². The highest BCUT2D eigenvalue weighted by molar-refractivity contribution is 8.15. The van der Waals surface area contributed by atoms with Crippen molar-refractivity contribution in [2.45, 2.75) is 25.0 Å². The summed E-state index contributed by atoms with van der Waals surface area (Å²) >= 11 is 1.12. The zero-order valence-electron chi connectivity index (χ0n) is 10.6. The van der Waals surface area contributed by atoms with E-state index in [0.717, 1.165) is 23.9 Å². The van der Waals surface area contributed by atoms with Crippen molar-refractivity contribution in [1.29, 1.82) is 0 Å². The normalized spacial score (nSPS) is 18.9. The first-order valence-corrected chi connectivity index (χ1v) is 6.90. The summed E-state index contributed by atoms with van der Waals surface area (Å²) in [6.07, 6.45) is 1.04. The summed E-state index contributed by atoms with van der Waals surface area (Å²) in [6.45, 7) is 2.07. The van der Waals surface area contributed by atoms with Crippen LogP contribution in [0, 0.1) is 0 Å². The van der Waals surface area contributed by atoms with Crippen LogP contribution in [0.4, 0.5) is 5.69 Å². The molecule has 0 saturated heterocycles. The molecule has 1 atom stereocenters. The van der Waals surface area contributed by atoms with E-state index >= 15 is 0 Å². The van der Waals surface area contributed by atoms with E-state index in [9.17, 15) is 9.59 Å². The molecule has 0 aliphatic carbocycles. The van der Waals surface area contributed by atoms with E-state index in [4.69, 9.17) is 5.73 Å². The van der Waals surface area contributed by atoms with Crippen LogP contribution in [0.25, 0.3) is 0 Å². The molecule has 0 bridgehead atoms. The number of hydrogen-bond donors (Lipinski definition) is 2. The van der Waals surface area contributed by atoms with Gasteiger partial charge in [0.25, 0.3) is 0 Å². The van der Waals surface area contributed by atoms with E-state index in [0.29, 0.717) is 0 Å². The predicted molar refractivity (Wildman–Crippen MR) is 77.1 cm³/mol. The lowest BCUT2D eigenvalue weighted by Crippen LogP contribution is -2.33. The standard InChI is InChI=1S/C13H15N3O2S/c1-2-8-3-5-9(6-4-8)15-12(18)10-7-11(17)16-13(14)19-10/h3-6,10H,2,7H2,1H3,(H,15,18)(H2,14,16,17)/t10-/m0/s1. The minimum absolute atomic E-state index is 0.0875. The summed E-state index contributed by atoms with van der Waals surface area (Å²) < 4.78 is 0. The zero-order chi connectivity index (χ0) is 13.8. The fourth-order valence-electron chi connectivity index (χ4n) is 1.73. The van der Waals surface area contributed by atoms with E-state index in [2.05, 4.69) is 17.2 Å². The SMILES string of the molecule is CCc1ccc(NC(=O)[C@@H]2CC(=O)N=C(N)S2)cc1. The summed E-state index contributed by atoms with van der Waals surface area (Å²) in [4.78, 5) is 26.9. The van der Waals surface area contributed by atoms with Gasteiger partial charge in [-0.3, -0.25) is 9.59 Å². The number of carbonyl (C=O) groups excluding carboxylic acids is 2. The van der Waals surface area contributed by atoms with Crippen LogP contribution in [-0.4, -0.2) is 22.2 Å². The van der Waals surface area contributed by atoms with Gasteiger partial charge in [-0.2, -0.15) is 4.99 Å². The summed E-state index contributed by atoms with van der Waals surface area (Å²) in [7, 11) is 0. The number of rotatable bonds is 3. The highest BCUT2D eigenvalue weighted by Crippen LogP contribution is 2.22. The molecule has 2 rings (SSSR count). The van der Waals surface area contributed by atoms with Crippen LogP contribution in [0.1, 0.15) is 18.9 Å². The van der Waals surface area contributed by atoms with Crippen molar-refractivity contribution in [1.82, 2.24) is 0 Å². The summed E-state index contributed by atoms with van der Waals surface area (Å²) in [6, 6.07) is 7.63. The lowest BCUT2D eigenvalue weighted by Gasteiger charge is -2.17. The molecule has 2 amide bonds. The van der Waals surface area contributed by atoms with Crippen molar-refractivity contribution in [2.75, 3.05) is 5.32 Å². The average molecular weight is 277 g/mol. The van der Waals surface area contributed by atoms with Gasteiger partial charge in [0, 0.05) is 5.69 Å². The molecule has 1 aromatic rings. The lowest BCUT2D eigenvalue weighted by molar-refractivity contribution is -0.121. The van der Waals surface area contributed by atoms with Gasteiger partial charge in [0.05, 0.1) is 6.42 Å². The highest BCUT2D eigenvalue weighted by Gasteiger charge is 2.27. The maximum atomic E-state index is 12.0. The molecule has 0 aromatic heterocycles. The number of anilines is 1. The van der Waals surface area contributed by atoms with E-state index in [-0.39, 0.29) is 23.4 Å². The van der Waals surface area contributed by atoms with Crippen LogP contribution >= 0.6 is 11.8 Å².